The molecule has 1 rings (SSSR count). The molecule has 18 heavy (non-hydrogen) atoms. The molecule has 0 aromatic carbocycles. The summed E-state index contributed by atoms with van der Waals surface area (Å²) in [6, 6.07) is 0.501. The smallest absolute Gasteiger partial charge is 0.234 e. The van der Waals surface area contributed by atoms with Gasteiger partial charge in [-0.25, -0.2) is 0 Å². The predicted molar refractivity (Wildman–Crippen MR) is 74.4 cm³/mol. The van der Waals surface area contributed by atoms with Crippen molar-refractivity contribution in [2.45, 2.75) is 32.7 Å². The van der Waals surface area contributed by atoms with Gasteiger partial charge in [0.05, 0.1) is 6.54 Å². The van der Waals surface area contributed by atoms with Crippen LogP contribution in [-0.4, -0.2) is 67.6 Å². The van der Waals surface area contributed by atoms with Gasteiger partial charge in [-0.15, -0.1) is 0 Å². The van der Waals surface area contributed by atoms with Crippen molar-refractivity contribution in [1.82, 2.24) is 15.1 Å². The maximum absolute atomic E-state index is 11.6. The van der Waals surface area contributed by atoms with Crippen LogP contribution >= 0.6 is 0 Å². The van der Waals surface area contributed by atoms with Gasteiger partial charge in [-0.2, -0.15) is 0 Å². The molecule has 1 heterocycles. The van der Waals surface area contributed by atoms with Gasteiger partial charge in [0.2, 0.25) is 5.91 Å². The summed E-state index contributed by atoms with van der Waals surface area (Å²) in [4.78, 5) is 16.3. The highest BCUT2D eigenvalue weighted by Gasteiger charge is 2.22. The van der Waals surface area contributed by atoms with E-state index in [9.17, 15) is 4.79 Å². The zero-order chi connectivity index (χ0) is 13.4. The largest absolute Gasteiger partial charge is 0.355 e. The Kier molecular flexibility index (Phi) is 7.23. The van der Waals surface area contributed by atoms with Crippen LogP contribution in [0.4, 0.5) is 0 Å². The minimum atomic E-state index is 0.149. The molecule has 0 spiro atoms. The minimum absolute atomic E-state index is 0.149. The number of piperazine rings is 1. The highest BCUT2D eigenvalue weighted by atomic mass is 16.2. The molecule has 106 valence electrons. The van der Waals surface area contributed by atoms with Gasteiger partial charge in [-0.1, -0.05) is 13.8 Å². The van der Waals surface area contributed by atoms with Crippen molar-refractivity contribution in [2.75, 3.05) is 45.8 Å². The van der Waals surface area contributed by atoms with Crippen LogP contribution < -0.4 is 11.1 Å². The average Bonchev–Trinajstić information content (AvgIpc) is 2.40. The quantitative estimate of drug-likeness (QED) is 0.666. The second kappa shape index (κ2) is 8.45. The van der Waals surface area contributed by atoms with E-state index in [1.54, 1.807) is 0 Å². The lowest BCUT2D eigenvalue weighted by Gasteiger charge is -2.38. The van der Waals surface area contributed by atoms with Crippen LogP contribution in [0, 0.1) is 0 Å². The fourth-order valence-corrected chi connectivity index (χ4v) is 2.38. The molecule has 1 aliphatic rings. The summed E-state index contributed by atoms with van der Waals surface area (Å²) in [5.41, 5.74) is 5.76. The topological polar surface area (TPSA) is 61.6 Å². The Labute approximate surface area is 111 Å². The molecule has 0 aliphatic carbocycles. The van der Waals surface area contributed by atoms with Crippen LogP contribution in [0.15, 0.2) is 0 Å². The summed E-state index contributed by atoms with van der Waals surface area (Å²) in [7, 11) is 0. The molecule has 3 N–H and O–H groups in total. The molecule has 0 bridgehead atoms. The Bertz CT molecular complexity index is 235. The predicted octanol–water partition coefficient (Wildman–Crippen LogP) is -0.132. The third-order valence-electron chi connectivity index (χ3n) is 3.61. The molecule has 0 radical (unpaired) electrons. The van der Waals surface area contributed by atoms with Gasteiger partial charge in [0.25, 0.3) is 0 Å². The maximum atomic E-state index is 11.6. The van der Waals surface area contributed by atoms with Gasteiger partial charge in [0.15, 0.2) is 0 Å². The van der Waals surface area contributed by atoms with Crippen LogP contribution in [0.3, 0.4) is 0 Å². The molecule has 0 saturated carbocycles. The van der Waals surface area contributed by atoms with Gasteiger partial charge >= 0.3 is 0 Å². The van der Waals surface area contributed by atoms with E-state index in [0.29, 0.717) is 12.6 Å². The lowest BCUT2D eigenvalue weighted by Crippen LogP contribution is -2.53. The Hall–Kier alpha value is -0.650. The second-order valence-electron chi connectivity index (χ2n) is 4.96. The Balaban J connectivity index is 2.24. The number of hydrogen-bond donors (Lipinski definition) is 2. The first-order valence-corrected chi connectivity index (χ1v) is 7.14. The molecule has 1 unspecified atom stereocenters. The van der Waals surface area contributed by atoms with Crippen LogP contribution in [0.25, 0.3) is 0 Å². The van der Waals surface area contributed by atoms with Gasteiger partial charge in [0, 0.05) is 45.3 Å². The molecule has 1 saturated heterocycles. The van der Waals surface area contributed by atoms with E-state index in [4.69, 9.17) is 5.73 Å². The molecule has 5 heteroatoms. The van der Waals surface area contributed by atoms with Crippen molar-refractivity contribution in [3.8, 4) is 0 Å². The molecule has 1 aliphatic heterocycles. The molecule has 1 atom stereocenters. The molecule has 0 aromatic rings. The van der Waals surface area contributed by atoms with Crippen molar-refractivity contribution >= 4 is 5.91 Å². The first-order valence-electron chi connectivity index (χ1n) is 7.14. The van der Waals surface area contributed by atoms with Crippen LogP contribution in [0.2, 0.25) is 0 Å². The molecular formula is C13H28N4O. The number of hydrogen-bond acceptors (Lipinski definition) is 4. The van der Waals surface area contributed by atoms with Gasteiger partial charge < -0.3 is 11.1 Å². The third-order valence-corrected chi connectivity index (χ3v) is 3.61. The minimum Gasteiger partial charge on any atom is -0.355 e. The lowest BCUT2D eigenvalue weighted by molar-refractivity contribution is -0.122. The number of carbonyl (C=O) groups is 1. The zero-order valence-corrected chi connectivity index (χ0v) is 11.8. The van der Waals surface area contributed by atoms with Crippen LogP contribution in [-0.2, 0) is 4.79 Å². The molecule has 1 fully saturated rings. The van der Waals surface area contributed by atoms with E-state index in [0.717, 1.165) is 52.1 Å². The molecule has 0 aromatic heterocycles. The van der Waals surface area contributed by atoms with Crippen molar-refractivity contribution in [1.29, 1.82) is 0 Å². The normalized spacial score (nSPS) is 19.7. The van der Waals surface area contributed by atoms with Crippen molar-refractivity contribution in [2.24, 2.45) is 5.73 Å². The summed E-state index contributed by atoms with van der Waals surface area (Å²) in [5, 5.41) is 2.92. The summed E-state index contributed by atoms with van der Waals surface area (Å²) >= 11 is 0. The highest BCUT2D eigenvalue weighted by Crippen LogP contribution is 2.08. The highest BCUT2D eigenvalue weighted by molar-refractivity contribution is 5.77. The van der Waals surface area contributed by atoms with Crippen LogP contribution in [0.5, 0.6) is 0 Å². The van der Waals surface area contributed by atoms with E-state index in [1.165, 1.54) is 0 Å². The van der Waals surface area contributed by atoms with E-state index < -0.39 is 0 Å². The summed E-state index contributed by atoms with van der Waals surface area (Å²) in [6.45, 7) is 10.3. The zero-order valence-electron chi connectivity index (χ0n) is 11.8. The second-order valence-corrected chi connectivity index (χ2v) is 4.96. The van der Waals surface area contributed by atoms with E-state index >= 15 is 0 Å². The molecular weight excluding hydrogens is 228 g/mol. The van der Waals surface area contributed by atoms with Crippen LogP contribution in [0.1, 0.15) is 26.7 Å². The van der Waals surface area contributed by atoms with Gasteiger partial charge in [-0.05, 0) is 12.8 Å². The number of nitrogens with zero attached hydrogens (tertiary/aromatic N) is 2. The Morgan fingerprint density at radius 1 is 1.28 bits per heavy atom. The lowest BCUT2D eigenvalue weighted by atomic mass is 10.1. The van der Waals surface area contributed by atoms with E-state index in [1.807, 2.05) is 0 Å². The van der Waals surface area contributed by atoms with Gasteiger partial charge in [0.1, 0.15) is 0 Å². The fourth-order valence-electron chi connectivity index (χ4n) is 2.38. The number of nitrogens with one attached hydrogen (secondary N) is 1. The maximum Gasteiger partial charge on any atom is 0.234 e. The molecule has 1 amide bonds. The standard InChI is InChI=1S/C13H28N4O/c1-3-5-15-13(18)11-16-6-8-17(9-7-16)12(4-2)10-14/h12H,3-11,14H2,1-2H3,(H,15,18). The first-order chi connectivity index (χ1) is 8.71. The summed E-state index contributed by atoms with van der Waals surface area (Å²) in [6.07, 6.45) is 2.10. The first kappa shape index (κ1) is 15.4. The van der Waals surface area contributed by atoms with E-state index in [-0.39, 0.29) is 5.91 Å². The SMILES string of the molecule is CCCNC(=O)CN1CCN(C(CC)CN)CC1. The number of amides is 1. The van der Waals surface area contributed by atoms with Gasteiger partial charge in [-0.3, -0.25) is 14.6 Å². The van der Waals surface area contributed by atoms with Crippen molar-refractivity contribution in [3.05, 3.63) is 0 Å². The Morgan fingerprint density at radius 2 is 1.94 bits per heavy atom. The molecule has 5 nitrogen and oxygen atoms in total. The number of nitrogens with two attached hydrogens (primary N) is 1. The van der Waals surface area contributed by atoms with Crippen molar-refractivity contribution in [3.63, 3.8) is 0 Å². The Morgan fingerprint density at radius 3 is 2.44 bits per heavy atom. The average molecular weight is 256 g/mol. The fraction of sp³-hybridized carbons (Fsp3) is 0.923. The van der Waals surface area contributed by atoms with Crippen molar-refractivity contribution < 1.29 is 4.79 Å². The summed E-state index contributed by atoms with van der Waals surface area (Å²) < 4.78 is 0. The number of carbonyl (C=O) groups excluding carboxylic acids is 1. The summed E-state index contributed by atoms with van der Waals surface area (Å²) in [5.74, 6) is 0.149. The third kappa shape index (κ3) is 4.92. The number of rotatable bonds is 7. The van der Waals surface area contributed by atoms with E-state index in [2.05, 4.69) is 29.0 Å². The monoisotopic (exact) mass is 256 g/mol.